The van der Waals surface area contributed by atoms with Crippen LogP contribution >= 0.6 is 0 Å². The normalized spacial score (nSPS) is 13.0. The number of nitrogens with one attached hydrogen (secondary N) is 2. The summed E-state index contributed by atoms with van der Waals surface area (Å²) in [5, 5.41) is 11.7. The van der Waals surface area contributed by atoms with Crippen LogP contribution < -0.4 is 10.2 Å². The van der Waals surface area contributed by atoms with E-state index < -0.39 is 0 Å². The molecule has 0 bridgehead atoms. The van der Waals surface area contributed by atoms with Crippen molar-refractivity contribution in [3.63, 3.8) is 0 Å². The Morgan fingerprint density at radius 3 is 2.65 bits per heavy atom. The highest BCUT2D eigenvalue weighted by molar-refractivity contribution is 5.93. The second-order valence-corrected chi connectivity index (χ2v) is 5.55. The molecule has 0 fully saturated rings. The zero-order chi connectivity index (χ0) is 16.8. The number of carbonyl (C=O) groups excluding carboxylic acids is 1. The Morgan fingerprint density at radius 1 is 1.30 bits per heavy atom. The van der Waals surface area contributed by atoms with Crippen LogP contribution in [0.5, 0.6) is 0 Å². The number of nitriles is 1. The number of quaternary nitrogens is 1. The number of halogens is 1. The van der Waals surface area contributed by atoms with Crippen molar-refractivity contribution in [1.29, 1.82) is 5.26 Å². The van der Waals surface area contributed by atoms with Crippen molar-refractivity contribution in [2.75, 3.05) is 12.4 Å². The molecular formula is C18H19FN3O+. The number of carbonyl (C=O) groups is 1. The second kappa shape index (κ2) is 7.52. The standard InChI is InChI=1S/C18H18FN3O/c1-13(22(2)12-14-6-8-16(19)9-7-14)18(23)21-17-5-3-4-15(10-17)11-20/h3-10,13H,12H2,1-2H3,(H,21,23)/p+1/t13-/m0/s1. The van der Waals surface area contributed by atoms with Gasteiger partial charge in [-0.25, -0.2) is 4.39 Å². The first-order chi connectivity index (χ1) is 11.0. The third-order valence-electron chi connectivity index (χ3n) is 3.79. The Morgan fingerprint density at radius 2 is 2.00 bits per heavy atom. The fourth-order valence-corrected chi connectivity index (χ4v) is 2.22. The van der Waals surface area contributed by atoms with Gasteiger partial charge in [0.25, 0.3) is 5.91 Å². The van der Waals surface area contributed by atoms with Crippen LogP contribution in [0.1, 0.15) is 18.1 Å². The van der Waals surface area contributed by atoms with Gasteiger partial charge >= 0.3 is 0 Å². The van der Waals surface area contributed by atoms with Gasteiger partial charge in [-0.2, -0.15) is 5.26 Å². The Bertz CT molecular complexity index is 722. The zero-order valence-electron chi connectivity index (χ0n) is 13.1. The van der Waals surface area contributed by atoms with E-state index in [1.165, 1.54) is 12.1 Å². The van der Waals surface area contributed by atoms with Crippen molar-refractivity contribution >= 4 is 11.6 Å². The molecule has 118 valence electrons. The Labute approximate surface area is 135 Å². The van der Waals surface area contributed by atoms with Crippen molar-refractivity contribution < 1.29 is 14.1 Å². The van der Waals surface area contributed by atoms with Crippen LogP contribution in [0.3, 0.4) is 0 Å². The van der Waals surface area contributed by atoms with E-state index in [0.717, 1.165) is 10.5 Å². The molecule has 0 spiro atoms. The molecule has 0 aromatic heterocycles. The number of benzene rings is 2. The van der Waals surface area contributed by atoms with Crippen LogP contribution in [0, 0.1) is 17.1 Å². The summed E-state index contributed by atoms with van der Waals surface area (Å²) in [4.78, 5) is 13.3. The number of hydrogen-bond acceptors (Lipinski definition) is 2. The average Bonchev–Trinajstić information content (AvgIpc) is 2.56. The van der Waals surface area contributed by atoms with Crippen LogP contribution in [0.2, 0.25) is 0 Å². The van der Waals surface area contributed by atoms with Crippen LogP contribution in [0.25, 0.3) is 0 Å². The number of rotatable bonds is 5. The van der Waals surface area contributed by atoms with Gasteiger partial charge < -0.3 is 10.2 Å². The summed E-state index contributed by atoms with van der Waals surface area (Å²) in [6, 6.07) is 14.8. The molecular weight excluding hydrogens is 293 g/mol. The number of anilines is 1. The van der Waals surface area contributed by atoms with Crippen molar-refractivity contribution in [2.24, 2.45) is 0 Å². The quantitative estimate of drug-likeness (QED) is 0.883. The number of nitrogens with zero attached hydrogens (tertiary/aromatic N) is 1. The van der Waals surface area contributed by atoms with E-state index in [2.05, 4.69) is 5.32 Å². The van der Waals surface area contributed by atoms with Crippen molar-refractivity contribution in [1.82, 2.24) is 0 Å². The van der Waals surface area contributed by atoms with Gasteiger partial charge in [-0.05, 0) is 37.3 Å². The highest BCUT2D eigenvalue weighted by Crippen LogP contribution is 2.09. The maximum Gasteiger partial charge on any atom is 0.282 e. The highest BCUT2D eigenvalue weighted by atomic mass is 19.1. The molecule has 2 rings (SSSR count). The maximum atomic E-state index is 12.9. The summed E-state index contributed by atoms with van der Waals surface area (Å²) >= 11 is 0. The molecule has 4 nitrogen and oxygen atoms in total. The van der Waals surface area contributed by atoms with Crippen LogP contribution in [0.15, 0.2) is 48.5 Å². The van der Waals surface area contributed by atoms with Crippen molar-refractivity contribution in [3.05, 3.63) is 65.5 Å². The predicted octanol–water partition coefficient (Wildman–Crippen LogP) is 1.74. The minimum Gasteiger partial charge on any atom is -0.324 e. The fraction of sp³-hybridized carbons (Fsp3) is 0.222. The van der Waals surface area contributed by atoms with Crippen LogP contribution in [-0.4, -0.2) is 19.0 Å². The Kier molecular flexibility index (Phi) is 5.45. The SMILES string of the molecule is C[C@@H](C(=O)Nc1cccc(C#N)c1)[NH+](C)Cc1ccc(F)cc1. The van der Waals surface area contributed by atoms with E-state index >= 15 is 0 Å². The predicted molar refractivity (Wildman–Crippen MR) is 86.2 cm³/mol. The molecule has 0 saturated heterocycles. The minimum atomic E-state index is -0.286. The first-order valence-electron chi connectivity index (χ1n) is 7.37. The Hall–Kier alpha value is -2.71. The van der Waals surface area contributed by atoms with E-state index in [1.807, 2.05) is 20.0 Å². The van der Waals surface area contributed by atoms with Gasteiger partial charge in [0.2, 0.25) is 0 Å². The van der Waals surface area contributed by atoms with Gasteiger partial charge in [-0.1, -0.05) is 18.2 Å². The summed E-state index contributed by atoms with van der Waals surface area (Å²) in [6.07, 6.45) is 0. The van der Waals surface area contributed by atoms with Gasteiger partial charge in [-0.3, -0.25) is 4.79 Å². The monoisotopic (exact) mass is 312 g/mol. The van der Waals surface area contributed by atoms with Crippen molar-refractivity contribution in [3.8, 4) is 6.07 Å². The third kappa shape index (κ3) is 4.63. The lowest BCUT2D eigenvalue weighted by molar-refractivity contribution is -0.907. The maximum absolute atomic E-state index is 12.9. The summed E-state index contributed by atoms with van der Waals surface area (Å²) < 4.78 is 12.9. The summed E-state index contributed by atoms with van der Waals surface area (Å²) in [5.74, 6) is -0.394. The molecule has 2 N–H and O–H groups in total. The van der Waals surface area contributed by atoms with Gasteiger partial charge in [0.15, 0.2) is 6.04 Å². The minimum absolute atomic E-state index is 0.125. The number of amides is 1. The third-order valence-corrected chi connectivity index (χ3v) is 3.79. The topological polar surface area (TPSA) is 57.3 Å². The summed E-state index contributed by atoms with van der Waals surface area (Å²) in [7, 11) is 1.92. The lowest BCUT2D eigenvalue weighted by atomic mass is 10.1. The summed E-state index contributed by atoms with van der Waals surface area (Å²) in [6.45, 7) is 2.45. The molecule has 5 heteroatoms. The lowest BCUT2D eigenvalue weighted by Crippen LogP contribution is -3.12. The number of hydrogen-bond donors (Lipinski definition) is 2. The van der Waals surface area contributed by atoms with E-state index in [4.69, 9.17) is 5.26 Å². The Balaban J connectivity index is 1.98. The average molecular weight is 312 g/mol. The summed E-state index contributed by atoms with van der Waals surface area (Å²) in [5.41, 5.74) is 2.08. The van der Waals surface area contributed by atoms with Gasteiger partial charge in [0, 0.05) is 11.3 Å². The molecule has 0 aliphatic carbocycles. The number of likely N-dealkylation sites (N-methyl/N-ethyl adjacent to an activating group) is 1. The molecule has 2 atom stereocenters. The molecule has 1 amide bonds. The molecule has 1 unspecified atom stereocenters. The molecule has 2 aromatic carbocycles. The zero-order valence-corrected chi connectivity index (χ0v) is 13.1. The molecule has 2 aromatic rings. The van der Waals surface area contributed by atoms with Gasteiger partial charge in [0.1, 0.15) is 12.4 Å². The molecule has 23 heavy (non-hydrogen) atoms. The van der Waals surface area contributed by atoms with Crippen molar-refractivity contribution in [2.45, 2.75) is 19.5 Å². The van der Waals surface area contributed by atoms with Gasteiger partial charge in [0.05, 0.1) is 18.7 Å². The molecule has 0 aliphatic heterocycles. The first kappa shape index (κ1) is 16.7. The molecule has 0 aliphatic rings. The smallest absolute Gasteiger partial charge is 0.282 e. The van der Waals surface area contributed by atoms with Gasteiger partial charge in [-0.15, -0.1) is 0 Å². The van der Waals surface area contributed by atoms with E-state index in [9.17, 15) is 9.18 Å². The second-order valence-electron chi connectivity index (χ2n) is 5.55. The van der Waals surface area contributed by atoms with E-state index in [-0.39, 0.29) is 17.8 Å². The van der Waals surface area contributed by atoms with E-state index in [1.54, 1.807) is 36.4 Å². The van der Waals surface area contributed by atoms with Crippen LogP contribution in [-0.2, 0) is 11.3 Å². The fourth-order valence-electron chi connectivity index (χ4n) is 2.22. The molecule has 0 saturated carbocycles. The first-order valence-corrected chi connectivity index (χ1v) is 7.37. The van der Waals surface area contributed by atoms with Crippen LogP contribution in [0.4, 0.5) is 10.1 Å². The molecule has 0 radical (unpaired) electrons. The van der Waals surface area contributed by atoms with E-state index in [0.29, 0.717) is 17.8 Å². The highest BCUT2D eigenvalue weighted by Gasteiger charge is 2.22. The molecule has 0 heterocycles. The largest absolute Gasteiger partial charge is 0.324 e. The lowest BCUT2D eigenvalue weighted by Gasteiger charge is -2.21.